The zero-order chi connectivity index (χ0) is 15.1. The van der Waals surface area contributed by atoms with Crippen LogP contribution in [0.5, 0.6) is 0 Å². The topological polar surface area (TPSA) is 63.4 Å². The van der Waals surface area contributed by atoms with Crippen LogP contribution >= 0.6 is 0 Å². The first-order valence-corrected chi connectivity index (χ1v) is 7.18. The van der Waals surface area contributed by atoms with Crippen LogP contribution in [-0.4, -0.2) is 50.3 Å². The van der Waals surface area contributed by atoms with Crippen molar-refractivity contribution in [3.05, 3.63) is 27.0 Å². The van der Waals surface area contributed by atoms with Gasteiger partial charge in [-0.2, -0.15) is 9.78 Å². The molecule has 1 aromatic rings. The van der Waals surface area contributed by atoms with Crippen LogP contribution in [0.3, 0.4) is 0 Å². The van der Waals surface area contributed by atoms with Crippen LogP contribution in [0.1, 0.15) is 27.7 Å². The Morgan fingerprint density at radius 1 is 0.950 bits per heavy atom. The second-order valence-corrected chi connectivity index (χ2v) is 4.58. The highest BCUT2D eigenvalue weighted by Gasteiger charge is 2.10. The molecule has 0 radical (unpaired) electrons. The van der Waals surface area contributed by atoms with E-state index >= 15 is 0 Å². The van der Waals surface area contributed by atoms with E-state index < -0.39 is 0 Å². The molecule has 0 N–H and O–H groups in total. The van der Waals surface area contributed by atoms with Crippen molar-refractivity contribution >= 4 is 0 Å². The van der Waals surface area contributed by atoms with Gasteiger partial charge in [-0.15, -0.1) is 0 Å². The average Bonchev–Trinajstić information content (AvgIpc) is 2.47. The van der Waals surface area contributed by atoms with Gasteiger partial charge in [0.2, 0.25) is 0 Å². The maximum Gasteiger partial charge on any atom is 0.349 e. The van der Waals surface area contributed by atoms with E-state index in [2.05, 4.69) is 10.00 Å². The number of nitrogens with zero attached hydrogens (tertiary/aromatic N) is 5. The van der Waals surface area contributed by atoms with Gasteiger partial charge in [-0.05, 0) is 26.2 Å². The predicted molar refractivity (Wildman–Crippen MR) is 78.6 cm³/mol. The van der Waals surface area contributed by atoms with Gasteiger partial charge in [0.15, 0.2) is 0 Å². The van der Waals surface area contributed by atoms with Crippen molar-refractivity contribution in [1.82, 2.24) is 24.1 Å². The Morgan fingerprint density at radius 3 is 1.95 bits per heavy atom. The molecule has 1 rings (SSSR count). The number of rotatable bonds is 8. The number of hydrogen-bond acceptors (Lipinski definition) is 5. The van der Waals surface area contributed by atoms with Gasteiger partial charge in [-0.3, -0.25) is 14.6 Å². The lowest BCUT2D eigenvalue weighted by Gasteiger charge is -2.21. The summed E-state index contributed by atoms with van der Waals surface area (Å²) in [7, 11) is 0. The molecular formula is C13H25N5O2. The quantitative estimate of drug-likeness (QED) is 0.672. The van der Waals surface area contributed by atoms with Crippen LogP contribution in [0.4, 0.5) is 0 Å². The maximum absolute atomic E-state index is 12.3. The van der Waals surface area contributed by atoms with Crippen molar-refractivity contribution in [2.75, 3.05) is 26.2 Å². The molecule has 0 amide bonds. The summed E-state index contributed by atoms with van der Waals surface area (Å²) in [5, 5.41) is 3.94. The molecule has 0 aliphatic rings. The summed E-state index contributed by atoms with van der Waals surface area (Å²) < 4.78 is 2.58. The van der Waals surface area contributed by atoms with Crippen LogP contribution in [-0.2, 0) is 13.3 Å². The molecular weight excluding hydrogens is 258 g/mol. The summed E-state index contributed by atoms with van der Waals surface area (Å²) in [4.78, 5) is 28.3. The molecule has 0 atom stereocenters. The number of hydrogen-bond donors (Lipinski definition) is 0. The van der Waals surface area contributed by atoms with Crippen LogP contribution in [0, 0.1) is 0 Å². The first kappa shape index (κ1) is 16.6. The van der Waals surface area contributed by atoms with Crippen molar-refractivity contribution in [3.63, 3.8) is 0 Å². The first-order chi connectivity index (χ1) is 9.57. The van der Waals surface area contributed by atoms with E-state index in [1.54, 1.807) is 0 Å². The summed E-state index contributed by atoms with van der Waals surface area (Å²) >= 11 is 0. The third kappa shape index (κ3) is 4.01. The van der Waals surface area contributed by atoms with Crippen LogP contribution in [0.15, 0.2) is 15.8 Å². The van der Waals surface area contributed by atoms with Crippen molar-refractivity contribution in [1.29, 1.82) is 0 Å². The molecule has 0 aliphatic carbocycles. The first-order valence-electron chi connectivity index (χ1n) is 7.18. The summed E-state index contributed by atoms with van der Waals surface area (Å²) in [5.74, 6) is 0. The van der Waals surface area contributed by atoms with Crippen molar-refractivity contribution < 1.29 is 0 Å². The standard InChI is InChI=1S/C13H25N5O2/c1-5-15(6-2)10-17-12(19)9-14-18(13(17)20)11-16(7-3)8-4/h9H,5-8,10-11H2,1-4H3. The van der Waals surface area contributed by atoms with Crippen molar-refractivity contribution in [3.8, 4) is 0 Å². The van der Waals surface area contributed by atoms with Crippen molar-refractivity contribution in [2.24, 2.45) is 0 Å². The molecule has 114 valence electrons. The van der Waals surface area contributed by atoms with E-state index in [0.717, 1.165) is 26.2 Å². The fraction of sp³-hybridized carbons (Fsp3) is 0.769. The summed E-state index contributed by atoms with van der Waals surface area (Å²) in [6.07, 6.45) is 1.22. The lowest BCUT2D eigenvalue weighted by molar-refractivity contribution is 0.199. The molecule has 0 aliphatic heterocycles. The zero-order valence-electron chi connectivity index (χ0n) is 12.9. The molecule has 1 aromatic heterocycles. The lowest BCUT2D eigenvalue weighted by Crippen LogP contribution is -2.46. The van der Waals surface area contributed by atoms with Crippen LogP contribution < -0.4 is 11.2 Å². The Morgan fingerprint density at radius 2 is 1.45 bits per heavy atom. The molecule has 0 bridgehead atoms. The molecule has 0 unspecified atom stereocenters. The summed E-state index contributed by atoms with van der Waals surface area (Å²) in [5.41, 5.74) is -0.700. The molecule has 0 saturated carbocycles. The zero-order valence-corrected chi connectivity index (χ0v) is 12.9. The smallest absolute Gasteiger partial charge is 0.286 e. The minimum absolute atomic E-state index is 0.311. The normalized spacial score (nSPS) is 11.5. The van der Waals surface area contributed by atoms with Crippen molar-refractivity contribution in [2.45, 2.75) is 41.0 Å². The van der Waals surface area contributed by atoms with Gasteiger partial charge in [0.25, 0.3) is 5.56 Å². The fourth-order valence-electron chi connectivity index (χ4n) is 1.94. The van der Waals surface area contributed by atoms with E-state index in [1.165, 1.54) is 15.4 Å². The van der Waals surface area contributed by atoms with Gasteiger partial charge in [-0.1, -0.05) is 27.7 Å². The van der Waals surface area contributed by atoms with Crippen LogP contribution in [0.25, 0.3) is 0 Å². The van der Waals surface area contributed by atoms with Gasteiger partial charge >= 0.3 is 5.69 Å². The highest BCUT2D eigenvalue weighted by Crippen LogP contribution is 1.90. The van der Waals surface area contributed by atoms with E-state index in [1.807, 2.05) is 32.6 Å². The third-order valence-electron chi connectivity index (χ3n) is 3.49. The monoisotopic (exact) mass is 283 g/mol. The SMILES string of the molecule is CCN(CC)Cn1ncc(=O)n(CN(CC)CC)c1=O. The summed E-state index contributed by atoms with van der Waals surface area (Å²) in [6.45, 7) is 12.0. The minimum atomic E-state index is -0.351. The third-order valence-corrected chi connectivity index (χ3v) is 3.49. The maximum atomic E-state index is 12.3. The summed E-state index contributed by atoms with van der Waals surface area (Å²) in [6, 6.07) is 0. The molecule has 0 saturated heterocycles. The van der Waals surface area contributed by atoms with Gasteiger partial charge in [-0.25, -0.2) is 9.36 Å². The van der Waals surface area contributed by atoms with Gasteiger partial charge in [0, 0.05) is 0 Å². The van der Waals surface area contributed by atoms with Crippen LogP contribution in [0.2, 0.25) is 0 Å². The Labute approximate surface area is 119 Å². The fourth-order valence-corrected chi connectivity index (χ4v) is 1.94. The van der Waals surface area contributed by atoms with E-state index in [0.29, 0.717) is 13.3 Å². The second kappa shape index (κ2) is 7.96. The molecule has 20 heavy (non-hydrogen) atoms. The second-order valence-electron chi connectivity index (χ2n) is 4.58. The molecule has 1 heterocycles. The lowest BCUT2D eigenvalue weighted by atomic mass is 10.5. The van der Waals surface area contributed by atoms with E-state index in [4.69, 9.17) is 0 Å². The predicted octanol–water partition coefficient (Wildman–Crippen LogP) is 0.00360. The van der Waals surface area contributed by atoms with Gasteiger partial charge < -0.3 is 0 Å². The van der Waals surface area contributed by atoms with E-state index in [-0.39, 0.29) is 11.2 Å². The Hall–Kier alpha value is -1.47. The largest absolute Gasteiger partial charge is 0.349 e. The van der Waals surface area contributed by atoms with E-state index in [9.17, 15) is 9.59 Å². The molecule has 0 spiro atoms. The van der Waals surface area contributed by atoms with Gasteiger partial charge in [0.1, 0.15) is 6.20 Å². The highest BCUT2D eigenvalue weighted by atomic mass is 16.2. The molecule has 0 fully saturated rings. The Balaban J connectivity index is 3.07. The molecule has 7 heteroatoms. The van der Waals surface area contributed by atoms with Gasteiger partial charge in [0.05, 0.1) is 13.3 Å². The average molecular weight is 283 g/mol. The molecule has 7 nitrogen and oxygen atoms in total. The minimum Gasteiger partial charge on any atom is -0.286 e. The molecule has 0 aromatic carbocycles. The Kier molecular flexibility index (Phi) is 6.60. The highest BCUT2D eigenvalue weighted by molar-refractivity contribution is 4.76. The Bertz CT molecular complexity index is 514. The number of aromatic nitrogens is 3.